The van der Waals surface area contributed by atoms with Gasteiger partial charge in [-0.25, -0.2) is 0 Å². The number of rotatable bonds is 1. The van der Waals surface area contributed by atoms with Gasteiger partial charge in [-0.1, -0.05) is 11.6 Å². The summed E-state index contributed by atoms with van der Waals surface area (Å²) in [6.07, 6.45) is 0.718. The molecule has 0 amide bonds. The number of aliphatic hydroxyl groups excluding tert-OH is 1. The summed E-state index contributed by atoms with van der Waals surface area (Å²) >= 11 is 9.69. The van der Waals surface area contributed by atoms with Crippen LogP contribution in [0.5, 0.6) is 0 Å². The van der Waals surface area contributed by atoms with Crippen LogP contribution in [0.2, 0.25) is 5.02 Å². The molecule has 0 atom stereocenters. The Morgan fingerprint density at radius 1 is 1.62 bits per heavy atom. The van der Waals surface area contributed by atoms with Gasteiger partial charge in [0.2, 0.25) is 0 Å². The molecule has 0 aliphatic heterocycles. The molecule has 13 heavy (non-hydrogen) atoms. The zero-order chi connectivity index (χ0) is 10.3. The van der Waals surface area contributed by atoms with Crippen LogP contribution >= 0.6 is 24.2 Å². The van der Waals surface area contributed by atoms with Gasteiger partial charge in [-0.05, 0) is 25.1 Å². The number of hydrogen-bond acceptors (Lipinski definition) is 3. The largest absolute Gasteiger partial charge is 0.397 e. The molecule has 0 saturated carbocycles. The highest BCUT2D eigenvalue weighted by Gasteiger charge is 1.96. The number of thiol groups is 1. The Balaban J connectivity index is 0.000000424. The third kappa shape index (κ3) is 4.93. The Morgan fingerprint density at radius 2 is 2.15 bits per heavy atom. The molecule has 2 nitrogen and oxygen atoms in total. The zero-order valence-corrected chi connectivity index (χ0v) is 8.85. The zero-order valence-electron chi connectivity index (χ0n) is 7.20. The third-order valence-corrected chi connectivity index (χ3v) is 1.72. The molecule has 0 unspecified atom stereocenters. The second-order valence-corrected chi connectivity index (χ2v) is 3.06. The van der Waals surface area contributed by atoms with E-state index in [2.05, 4.69) is 12.6 Å². The summed E-state index contributed by atoms with van der Waals surface area (Å²) in [5.41, 5.74) is 0.500. The van der Waals surface area contributed by atoms with Gasteiger partial charge in [0, 0.05) is 17.1 Å². The first-order valence-corrected chi connectivity index (χ1v) is 4.52. The minimum Gasteiger partial charge on any atom is -0.397 e. The normalized spacial score (nSPS) is 8.62. The van der Waals surface area contributed by atoms with Crippen molar-refractivity contribution >= 4 is 30.5 Å². The van der Waals surface area contributed by atoms with Crippen molar-refractivity contribution in [3.8, 4) is 0 Å². The van der Waals surface area contributed by atoms with Crippen LogP contribution in [0.4, 0.5) is 0 Å². The number of aliphatic hydroxyl groups is 1. The van der Waals surface area contributed by atoms with E-state index in [0.717, 1.165) is 11.2 Å². The van der Waals surface area contributed by atoms with E-state index in [0.29, 0.717) is 10.6 Å². The Kier molecular flexibility index (Phi) is 6.68. The van der Waals surface area contributed by atoms with Gasteiger partial charge in [-0.3, -0.25) is 4.79 Å². The van der Waals surface area contributed by atoms with Crippen LogP contribution in [0.15, 0.2) is 23.1 Å². The highest BCUT2D eigenvalue weighted by molar-refractivity contribution is 7.80. The summed E-state index contributed by atoms with van der Waals surface area (Å²) in [4.78, 5) is 11.0. The predicted molar refractivity (Wildman–Crippen MR) is 56.9 cm³/mol. The minimum atomic E-state index is 0.250. The van der Waals surface area contributed by atoms with E-state index < -0.39 is 0 Å². The molecule has 0 heterocycles. The molecular formula is C9H11ClO2S. The molecule has 1 aromatic rings. The fraction of sp³-hybridized carbons (Fsp3) is 0.222. The maximum absolute atomic E-state index is 10.2. The van der Waals surface area contributed by atoms with Crippen LogP contribution in [-0.2, 0) is 0 Å². The van der Waals surface area contributed by atoms with Gasteiger partial charge in [-0.2, -0.15) is 0 Å². The molecule has 0 aliphatic carbocycles. The van der Waals surface area contributed by atoms with E-state index in [1.807, 2.05) is 0 Å². The molecule has 4 heteroatoms. The molecule has 0 aromatic heterocycles. The molecule has 0 fully saturated rings. The molecule has 0 spiro atoms. The highest BCUT2D eigenvalue weighted by atomic mass is 35.5. The van der Waals surface area contributed by atoms with Crippen molar-refractivity contribution < 1.29 is 9.90 Å². The first-order valence-electron chi connectivity index (χ1n) is 3.70. The Hall–Kier alpha value is -0.510. The second-order valence-electron chi connectivity index (χ2n) is 2.14. The number of benzene rings is 1. The molecule has 1 N–H and O–H groups in total. The second kappa shape index (κ2) is 6.95. The van der Waals surface area contributed by atoms with E-state index in [1.54, 1.807) is 25.1 Å². The highest BCUT2D eigenvalue weighted by Crippen LogP contribution is 2.17. The van der Waals surface area contributed by atoms with Crippen molar-refractivity contribution in [3.63, 3.8) is 0 Å². The first-order chi connectivity index (χ1) is 6.15. The Labute approximate surface area is 87.9 Å². The van der Waals surface area contributed by atoms with Gasteiger partial charge in [0.05, 0.1) is 5.02 Å². The maximum atomic E-state index is 10.2. The molecule has 1 aromatic carbocycles. The summed E-state index contributed by atoms with van der Waals surface area (Å²) in [5.74, 6) is 0. The number of aldehydes is 1. The number of halogens is 1. The fourth-order valence-electron chi connectivity index (χ4n) is 0.612. The van der Waals surface area contributed by atoms with E-state index in [4.69, 9.17) is 16.7 Å². The van der Waals surface area contributed by atoms with Crippen LogP contribution in [0, 0.1) is 0 Å². The third-order valence-electron chi connectivity index (χ3n) is 1.11. The van der Waals surface area contributed by atoms with Gasteiger partial charge in [0.25, 0.3) is 0 Å². The quantitative estimate of drug-likeness (QED) is 0.561. The van der Waals surface area contributed by atoms with Crippen LogP contribution in [-0.4, -0.2) is 18.0 Å². The smallest absolute Gasteiger partial charge is 0.151 e. The minimum absolute atomic E-state index is 0.250. The topological polar surface area (TPSA) is 37.3 Å². The maximum Gasteiger partial charge on any atom is 0.151 e. The summed E-state index contributed by atoms with van der Waals surface area (Å²) in [7, 11) is 0. The van der Waals surface area contributed by atoms with Crippen molar-refractivity contribution in [2.45, 2.75) is 11.8 Å². The average Bonchev–Trinajstić information content (AvgIpc) is 2.06. The molecule has 1 rings (SSSR count). The van der Waals surface area contributed by atoms with E-state index >= 15 is 0 Å². The lowest BCUT2D eigenvalue weighted by molar-refractivity contribution is 0.112. The number of carbonyl (C=O) groups is 1. The molecular weight excluding hydrogens is 208 g/mol. The van der Waals surface area contributed by atoms with Crippen molar-refractivity contribution in [1.29, 1.82) is 0 Å². The lowest BCUT2D eigenvalue weighted by Crippen LogP contribution is -1.79. The van der Waals surface area contributed by atoms with Gasteiger partial charge in [-0.15, -0.1) is 12.6 Å². The molecule has 72 valence electrons. The summed E-state index contributed by atoms with van der Waals surface area (Å²) < 4.78 is 0. The van der Waals surface area contributed by atoms with Gasteiger partial charge >= 0.3 is 0 Å². The monoisotopic (exact) mass is 218 g/mol. The van der Waals surface area contributed by atoms with Gasteiger partial charge < -0.3 is 5.11 Å². The molecule has 0 saturated heterocycles. The summed E-state index contributed by atoms with van der Waals surface area (Å²) in [6, 6.07) is 4.99. The molecule has 0 radical (unpaired) electrons. The summed E-state index contributed by atoms with van der Waals surface area (Å²) in [6.45, 7) is 1.93. The van der Waals surface area contributed by atoms with Crippen LogP contribution < -0.4 is 0 Å². The molecule has 0 bridgehead atoms. The van der Waals surface area contributed by atoms with Gasteiger partial charge in [0.15, 0.2) is 6.29 Å². The van der Waals surface area contributed by atoms with Gasteiger partial charge in [0.1, 0.15) is 0 Å². The predicted octanol–water partition coefficient (Wildman–Crippen LogP) is 2.44. The van der Waals surface area contributed by atoms with Crippen LogP contribution in [0.3, 0.4) is 0 Å². The van der Waals surface area contributed by atoms with Crippen molar-refractivity contribution in [3.05, 3.63) is 28.8 Å². The van der Waals surface area contributed by atoms with Crippen LogP contribution in [0.25, 0.3) is 0 Å². The van der Waals surface area contributed by atoms with E-state index in [9.17, 15) is 4.79 Å². The molecule has 0 aliphatic rings. The first kappa shape index (κ1) is 12.5. The number of hydrogen-bond donors (Lipinski definition) is 2. The van der Waals surface area contributed by atoms with E-state index in [1.165, 1.54) is 0 Å². The number of carbonyl (C=O) groups excluding carboxylic acids is 1. The Morgan fingerprint density at radius 3 is 2.54 bits per heavy atom. The van der Waals surface area contributed by atoms with E-state index in [-0.39, 0.29) is 6.61 Å². The fourth-order valence-corrected chi connectivity index (χ4v) is 1.12. The SMILES string of the molecule is CCO.O=Cc1ccc(S)cc1Cl. The van der Waals surface area contributed by atoms with Crippen molar-refractivity contribution in [2.75, 3.05) is 6.61 Å². The van der Waals surface area contributed by atoms with Crippen molar-refractivity contribution in [1.82, 2.24) is 0 Å². The average molecular weight is 219 g/mol. The standard InChI is InChI=1S/C7H5ClOS.C2H6O/c8-7-3-6(10)2-1-5(7)4-9;1-2-3/h1-4,10H;3H,2H2,1H3. The van der Waals surface area contributed by atoms with Crippen LogP contribution in [0.1, 0.15) is 17.3 Å². The Bertz CT molecular complexity index is 276. The summed E-state index contributed by atoms with van der Waals surface area (Å²) in [5, 5.41) is 8.02. The lowest BCUT2D eigenvalue weighted by Gasteiger charge is -1.94. The van der Waals surface area contributed by atoms with Crippen molar-refractivity contribution in [2.24, 2.45) is 0 Å². The lowest BCUT2D eigenvalue weighted by atomic mass is 10.2.